The zero-order chi connectivity index (χ0) is 13.5. The van der Waals surface area contributed by atoms with Crippen molar-refractivity contribution in [3.8, 4) is 0 Å². The molecule has 1 N–H and O–H groups in total. The fraction of sp³-hybridized carbons (Fsp3) is 0.667. The highest BCUT2D eigenvalue weighted by molar-refractivity contribution is 5.42. The third-order valence-electron chi connectivity index (χ3n) is 3.15. The molecular formula is C15H27N3. The summed E-state index contributed by atoms with van der Waals surface area (Å²) in [6.45, 7) is 13.2. The zero-order valence-corrected chi connectivity index (χ0v) is 12.4. The van der Waals surface area contributed by atoms with Crippen LogP contribution in [0, 0.1) is 6.92 Å². The van der Waals surface area contributed by atoms with E-state index in [-0.39, 0.29) is 0 Å². The maximum Gasteiger partial charge on any atom is 0.0393 e. The first-order valence-corrected chi connectivity index (χ1v) is 6.93. The Morgan fingerprint density at radius 2 is 1.89 bits per heavy atom. The number of hydrogen-bond donors (Lipinski definition) is 1. The number of pyridine rings is 1. The molecule has 1 aromatic heterocycles. The number of rotatable bonds is 7. The Labute approximate surface area is 112 Å². The standard InChI is InChI=1S/C15H27N3/c1-12(2)18(13(3)4)10-6-8-17-15-7-9-16-14(5)11-15/h7,9,11-13H,6,8,10H2,1-5H3,(H,16,17). The molecule has 0 aromatic carbocycles. The molecule has 0 aliphatic carbocycles. The van der Waals surface area contributed by atoms with Crippen molar-refractivity contribution in [3.63, 3.8) is 0 Å². The van der Waals surface area contributed by atoms with Crippen molar-refractivity contribution < 1.29 is 0 Å². The van der Waals surface area contributed by atoms with E-state index in [0.717, 1.165) is 25.2 Å². The first-order valence-electron chi connectivity index (χ1n) is 6.93. The smallest absolute Gasteiger partial charge is 0.0393 e. The predicted molar refractivity (Wildman–Crippen MR) is 79.1 cm³/mol. The number of aromatic nitrogens is 1. The minimum Gasteiger partial charge on any atom is -0.385 e. The predicted octanol–water partition coefficient (Wildman–Crippen LogP) is 3.31. The van der Waals surface area contributed by atoms with Crippen LogP contribution in [-0.4, -0.2) is 35.1 Å². The minimum atomic E-state index is 0.619. The molecule has 0 atom stereocenters. The summed E-state index contributed by atoms with van der Waals surface area (Å²) in [6.07, 6.45) is 3.02. The van der Waals surface area contributed by atoms with Crippen molar-refractivity contribution in [2.45, 2.75) is 53.1 Å². The lowest BCUT2D eigenvalue weighted by Gasteiger charge is -2.30. The van der Waals surface area contributed by atoms with Crippen molar-refractivity contribution in [3.05, 3.63) is 24.0 Å². The van der Waals surface area contributed by atoms with Crippen LogP contribution in [0.1, 0.15) is 39.8 Å². The highest BCUT2D eigenvalue weighted by Crippen LogP contribution is 2.08. The Morgan fingerprint density at radius 1 is 1.22 bits per heavy atom. The molecule has 0 bridgehead atoms. The fourth-order valence-electron chi connectivity index (χ4n) is 2.26. The molecule has 0 saturated carbocycles. The fourth-order valence-corrected chi connectivity index (χ4v) is 2.26. The molecule has 18 heavy (non-hydrogen) atoms. The largest absolute Gasteiger partial charge is 0.385 e. The molecule has 1 heterocycles. The van der Waals surface area contributed by atoms with Gasteiger partial charge in [0.25, 0.3) is 0 Å². The van der Waals surface area contributed by atoms with Gasteiger partial charge in [-0.3, -0.25) is 9.88 Å². The molecule has 0 fully saturated rings. The van der Waals surface area contributed by atoms with Gasteiger partial charge >= 0.3 is 0 Å². The van der Waals surface area contributed by atoms with Gasteiger partial charge in [0.05, 0.1) is 0 Å². The van der Waals surface area contributed by atoms with Crippen molar-refractivity contribution in [2.24, 2.45) is 0 Å². The van der Waals surface area contributed by atoms with Crippen LogP contribution in [0.5, 0.6) is 0 Å². The molecule has 1 aromatic rings. The number of nitrogens with zero attached hydrogens (tertiary/aromatic N) is 2. The summed E-state index contributed by atoms with van der Waals surface area (Å²) in [6, 6.07) is 5.35. The molecular weight excluding hydrogens is 222 g/mol. The van der Waals surface area contributed by atoms with Crippen molar-refractivity contribution >= 4 is 5.69 Å². The van der Waals surface area contributed by atoms with E-state index in [1.54, 1.807) is 0 Å². The summed E-state index contributed by atoms with van der Waals surface area (Å²) >= 11 is 0. The minimum absolute atomic E-state index is 0.619. The summed E-state index contributed by atoms with van der Waals surface area (Å²) in [5.74, 6) is 0. The summed E-state index contributed by atoms with van der Waals surface area (Å²) in [5, 5.41) is 3.45. The van der Waals surface area contributed by atoms with E-state index in [9.17, 15) is 0 Å². The van der Waals surface area contributed by atoms with E-state index in [4.69, 9.17) is 0 Å². The van der Waals surface area contributed by atoms with Crippen LogP contribution in [0.15, 0.2) is 18.3 Å². The summed E-state index contributed by atoms with van der Waals surface area (Å²) in [7, 11) is 0. The second kappa shape index (κ2) is 7.37. The number of nitrogens with one attached hydrogen (secondary N) is 1. The Morgan fingerprint density at radius 3 is 2.44 bits per heavy atom. The van der Waals surface area contributed by atoms with Gasteiger partial charge < -0.3 is 5.32 Å². The maximum atomic E-state index is 4.19. The first-order chi connectivity index (χ1) is 8.50. The average molecular weight is 249 g/mol. The maximum absolute atomic E-state index is 4.19. The van der Waals surface area contributed by atoms with Crippen molar-refractivity contribution in [2.75, 3.05) is 18.4 Å². The van der Waals surface area contributed by atoms with Gasteiger partial charge in [0, 0.05) is 42.8 Å². The van der Waals surface area contributed by atoms with Crippen LogP contribution in [0.25, 0.3) is 0 Å². The monoisotopic (exact) mass is 249 g/mol. The molecule has 0 radical (unpaired) electrons. The second-order valence-electron chi connectivity index (χ2n) is 5.39. The summed E-state index contributed by atoms with van der Waals surface area (Å²) in [4.78, 5) is 6.72. The SMILES string of the molecule is Cc1cc(NCCCN(C(C)C)C(C)C)ccn1. The second-order valence-corrected chi connectivity index (χ2v) is 5.39. The van der Waals surface area contributed by atoms with Crippen LogP contribution < -0.4 is 5.32 Å². The van der Waals surface area contributed by atoms with E-state index in [1.807, 2.05) is 19.2 Å². The average Bonchev–Trinajstić information content (AvgIpc) is 2.27. The molecule has 1 rings (SSSR count). The lowest BCUT2D eigenvalue weighted by atomic mass is 10.2. The van der Waals surface area contributed by atoms with Crippen LogP contribution >= 0.6 is 0 Å². The Bertz CT molecular complexity index is 339. The highest BCUT2D eigenvalue weighted by atomic mass is 15.2. The molecule has 0 amide bonds. The highest BCUT2D eigenvalue weighted by Gasteiger charge is 2.11. The van der Waals surface area contributed by atoms with Gasteiger partial charge in [0.15, 0.2) is 0 Å². The lowest BCUT2D eigenvalue weighted by molar-refractivity contribution is 0.174. The Balaban J connectivity index is 2.30. The quantitative estimate of drug-likeness (QED) is 0.751. The van der Waals surface area contributed by atoms with Crippen LogP contribution in [-0.2, 0) is 0 Å². The van der Waals surface area contributed by atoms with Gasteiger partial charge in [-0.15, -0.1) is 0 Å². The van der Waals surface area contributed by atoms with Gasteiger partial charge in [-0.2, -0.15) is 0 Å². The number of anilines is 1. The summed E-state index contributed by atoms with van der Waals surface area (Å²) in [5.41, 5.74) is 2.23. The molecule has 0 unspecified atom stereocenters. The van der Waals surface area contributed by atoms with Crippen LogP contribution in [0.3, 0.4) is 0 Å². The van der Waals surface area contributed by atoms with E-state index in [0.29, 0.717) is 12.1 Å². The topological polar surface area (TPSA) is 28.2 Å². The van der Waals surface area contributed by atoms with Gasteiger partial charge in [-0.1, -0.05) is 0 Å². The third kappa shape index (κ3) is 5.05. The Hall–Kier alpha value is -1.09. The molecule has 102 valence electrons. The molecule has 0 spiro atoms. The van der Waals surface area contributed by atoms with Gasteiger partial charge in [-0.05, 0) is 53.2 Å². The molecule has 0 aliphatic rings. The summed E-state index contributed by atoms with van der Waals surface area (Å²) < 4.78 is 0. The van der Waals surface area contributed by atoms with E-state index < -0.39 is 0 Å². The van der Waals surface area contributed by atoms with Crippen molar-refractivity contribution in [1.82, 2.24) is 9.88 Å². The van der Waals surface area contributed by atoms with E-state index in [2.05, 4.69) is 49.0 Å². The Kier molecular flexibility index (Phi) is 6.13. The van der Waals surface area contributed by atoms with Crippen molar-refractivity contribution in [1.29, 1.82) is 0 Å². The molecule has 0 aliphatic heterocycles. The molecule has 0 saturated heterocycles. The number of hydrogen-bond acceptors (Lipinski definition) is 3. The van der Waals surface area contributed by atoms with Gasteiger partial charge in [0.1, 0.15) is 0 Å². The zero-order valence-electron chi connectivity index (χ0n) is 12.4. The third-order valence-corrected chi connectivity index (χ3v) is 3.15. The van der Waals surface area contributed by atoms with Gasteiger partial charge in [-0.25, -0.2) is 0 Å². The van der Waals surface area contributed by atoms with Gasteiger partial charge in [0.2, 0.25) is 0 Å². The van der Waals surface area contributed by atoms with Crippen LogP contribution in [0.4, 0.5) is 5.69 Å². The number of aryl methyl sites for hydroxylation is 1. The lowest BCUT2D eigenvalue weighted by Crippen LogP contribution is -2.38. The molecule has 3 nitrogen and oxygen atoms in total. The van der Waals surface area contributed by atoms with Crippen LogP contribution in [0.2, 0.25) is 0 Å². The first kappa shape index (κ1) is 15.0. The normalized spacial score (nSPS) is 11.6. The van der Waals surface area contributed by atoms with E-state index in [1.165, 1.54) is 5.69 Å². The van der Waals surface area contributed by atoms with E-state index >= 15 is 0 Å². The molecule has 3 heteroatoms.